The van der Waals surface area contributed by atoms with Crippen molar-refractivity contribution in [1.82, 2.24) is 5.43 Å². The summed E-state index contributed by atoms with van der Waals surface area (Å²) in [6.07, 6.45) is 1.21. The molecule has 5 nitrogen and oxygen atoms in total. The molecule has 2 unspecified atom stereocenters. The van der Waals surface area contributed by atoms with E-state index in [-0.39, 0.29) is 21.7 Å². The van der Waals surface area contributed by atoms with Gasteiger partial charge in [-0.15, -0.1) is 0 Å². The van der Waals surface area contributed by atoms with Crippen LogP contribution in [0.5, 0.6) is 5.75 Å². The van der Waals surface area contributed by atoms with Gasteiger partial charge in [-0.25, -0.2) is 13.2 Å². The molecule has 0 aliphatic carbocycles. The van der Waals surface area contributed by atoms with Gasteiger partial charge in [0.2, 0.25) is 0 Å². The molecular weight excluding hydrogens is 393 g/mol. The van der Waals surface area contributed by atoms with E-state index in [0.717, 1.165) is 6.29 Å². The number of aliphatic hydroxyl groups excluding tert-OH is 1. The number of halogens is 4. The summed E-state index contributed by atoms with van der Waals surface area (Å²) in [6, 6.07) is 2.31. The number of hydrogen-bond donors (Lipinski definition) is 2. The van der Waals surface area contributed by atoms with Crippen LogP contribution in [0.3, 0.4) is 0 Å². The number of alkyl halides is 2. The van der Waals surface area contributed by atoms with E-state index in [9.17, 15) is 18.0 Å². The lowest BCUT2D eigenvalue weighted by Gasteiger charge is -2.25. The predicted molar refractivity (Wildman–Crippen MR) is 84.9 cm³/mol. The van der Waals surface area contributed by atoms with E-state index in [4.69, 9.17) is 9.84 Å². The summed E-state index contributed by atoms with van der Waals surface area (Å²) >= 11 is 2.99. The Morgan fingerprint density at radius 1 is 1.54 bits per heavy atom. The maximum Gasteiger partial charge on any atom is 0.303 e. The van der Waals surface area contributed by atoms with Gasteiger partial charge in [-0.05, 0) is 34.5 Å². The van der Waals surface area contributed by atoms with E-state index >= 15 is 0 Å². The monoisotopic (exact) mass is 408 g/mol. The van der Waals surface area contributed by atoms with Crippen LogP contribution in [-0.2, 0) is 4.79 Å². The highest BCUT2D eigenvalue weighted by Crippen LogP contribution is 2.33. The van der Waals surface area contributed by atoms with Crippen LogP contribution < -0.4 is 10.2 Å². The Morgan fingerprint density at radius 3 is 2.83 bits per heavy atom. The summed E-state index contributed by atoms with van der Waals surface area (Å²) in [4.78, 5) is 10.8. The molecule has 1 aromatic carbocycles. The van der Waals surface area contributed by atoms with Gasteiger partial charge < -0.3 is 14.6 Å². The average molecular weight is 409 g/mol. The van der Waals surface area contributed by atoms with Crippen LogP contribution in [0, 0.1) is 11.7 Å². The van der Waals surface area contributed by atoms with Gasteiger partial charge in [-0.1, -0.05) is 6.92 Å². The molecule has 2 N–H and O–H groups in total. The highest BCUT2D eigenvalue weighted by molar-refractivity contribution is 9.10. The first-order valence-electron chi connectivity index (χ1n) is 7.17. The molecule has 132 valence electrons. The van der Waals surface area contributed by atoms with Gasteiger partial charge in [-0.2, -0.15) is 5.10 Å². The fraction of sp³-hybridized carbons (Fsp3) is 0.467. The predicted octanol–water partition coefficient (Wildman–Crippen LogP) is 2.50. The van der Waals surface area contributed by atoms with E-state index in [1.54, 1.807) is 0 Å². The van der Waals surface area contributed by atoms with Crippen molar-refractivity contribution in [2.24, 2.45) is 11.0 Å². The maximum atomic E-state index is 14.6. The Bertz CT molecular complexity index is 655. The molecular formula is C15H16BrF3N2O3. The summed E-state index contributed by atoms with van der Waals surface area (Å²) in [7, 11) is 0. The van der Waals surface area contributed by atoms with Gasteiger partial charge in [0.15, 0.2) is 6.61 Å². The summed E-state index contributed by atoms with van der Waals surface area (Å²) in [6.45, 7) is -0.611. The van der Waals surface area contributed by atoms with Crippen molar-refractivity contribution in [2.45, 2.75) is 25.3 Å². The lowest BCUT2D eigenvalue weighted by Crippen LogP contribution is -2.37. The van der Waals surface area contributed by atoms with Crippen LogP contribution in [0.2, 0.25) is 0 Å². The number of aliphatic hydroxyl groups is 1. The van der Waals surface area contributed by atoms with E-state index in [2.05, 4.69) is 26.5 Å². The topological polar surface area (TPSA) is 70.9 Å². The number of benzene rings is 1. The normalized spacial score (nSPS) is 21.0. The van der Waals surface area contributed by atoms with Crippen LogP contribution in [0.15, 0.2) is 21.7 Å². The van der Waals surface area contributed by atoms with E-state index in [1.165, 1.54) is 12.1 Å². The zero-order valence-corrected chi connectivity index (χ0v) is 14.3. The number of nitrogens with one attached hydrogen (secondary N) is 1. The second-order valence-corrected chi connectivity index (χ2v) is 6.34. The van der Waals surface area contributed by atoms with Crippen LogP contribution in [0.4, 0.5) is 13.2 Å². The largest absolute Gasteiger partial charge is 0.486 e. The highest BCUT2D eigenvalue weighted by atomic mass is 79.9. The minimum Gasteiger partial charge on any atom is -0.486 e. The fourth-order valence-corrected chi connectivity index (χ4v) is 2.75. The maximum absolute atomic E-state index is 14.6. The van der Waals surface area contributed by atoms with Crippen LogP contribution in [-0.4, -0.2) is 42.3 Å². The second kappa shape index (κ2) is 7.52. The average Bonchev–Trinajstić information content (AvgIpc) is 2.56. The molecule has 0 saturated carbocycles. The number of ether oxygens (including phenoxy) is 1. The number of hydrogen-bond acceptors (Lipinski definition) is 5. The molecule has 1 aromatic rings. The van der Waals surface area contributed by atoms with Crippen LogP contribution in [0.1, 0.15) is 18.9 Å². The van der Waals surface area contributed by atoms with E-state index in [1.807, 2.05) is 6.92 Å². The van der Waals surface area contributed by atoms with Gasteiger partial charge in [0.05, 0.1) is 16.2 Å². The van der Waals surface area contributed by atoms with Crippen LogP contribution >= 0.6 is 15.9 Å². The number of carbonyl (C=O) groups excluding carboxylic acids is 1. The Balaban J connectivity index is 2.24. The van der Waals surface area contributed by atoms with Crippen molar-refractivity contribution in [3.8, 4) is 5.75 Å². The molecule has 24 heavy (non-hydrogen) atoms. The third kappa shape index (κ3) is 4.07. The quantitative estimate of drug-likeness (QED) is 0.709. The van der Waals surface area contributed by atoms with Crippen molar-refractivity contribution in [3.63, 3.8) is 0 Å². The standard InChI is InChI=1S/C15H16BrF3N2O3/c1-8-4-9(5-22)20-21-14(8)10-2-3-11(12(16)13(10)17)24-7-15(18,19)6-23/h2-3,5,8-9,20,23H,4,6-7H2,1H3. The highest BCUT2D eigenvalue weighted by Gasteiger charge is 2.30. The Labute approximate surface area is 145 Å². The Morgan fingerprint density at radius 2 is 2.25 bits per heavy atom. The smallest absolute Gasteiger partial charge is 0.303 e. The molecule has 9 heteroatoms. The molecule has 1 heterocycles. The number of rotatable bonds is 6. The third-order valence-electron chi connectivity index (χ3n) is 3.58. The van der Waals surface area contributed by atoms with Gasteiger partial charge in [0.1, 0.15) is 24.5 Å². The molecule has 1 aliphatic rings. The number of hydrazone groups is 1. The first-order valence-corrected chi connectivity index (χ1v) is 7.96. The molecule has 0 fully saturated rings. The van der Waals surface area contributed by atoms with E-state index < -0.39 is 31.0 Å². The van der Waals surface area contributed by atoms with Gasteiger partial charge in [0.25, 0.3) is 0 Å². The SMILES string of the molecule is CC1CC(C=O)NN=C1c1ccc(OCC(F)(F)CO)c(Br)c1F. The summed E-state index contributed by atoms with van der Waals surface area (Å²) < 4.78 is 45.4. The number of aldehydes is 1. The van der Waals surface area contributed by atoms with Gasteiger partial charge in [-0.3, -0.25) is 5.43 Å². The van der Waals surface area contributed by atoms with E-state index in [0.29, 0.717) is 12.1 Å². The lowest BCUT2D eigenvalue weighted by atomic mass is 9.91. The van der Waals surface area contributed by atoms with Gasteiger partial charge in [0, 0.05) is 11.5 Å². The summed E-state index contributed by atoms with van der Waals surface area (Å²) in [5.41, 5.74) is 3.26. The molecule has 0 spiro atoms. The zero-order valence-electron chi connectivity index (χ0n) is 12.7. The third-order valence-corrected chi connectivity index (χ3v) is 4.32. The van der Waals surface area contributed by atoms with Crippen molar-refractivity contribution in [3.05, 3.63) is 28.0 Å². The first-order chi connectivity index (χ1) is 11.3. The first kappa shape index (κ1) is 18.7. The molecule has 0 bridgehead atoms. The van der Waals surface area contributed by atoms with Crippen molar-refractivity contribution < 1.29 is 27.8 Å². The Kier molecular flexibility index (Phi) is 5.87. The number of carbonyl (C=O) groups is 1. The molecule has 0 radical (unpaired) electrons. The molecule has 0 amide bonds. The summed E-state index contributed by atoms with van der Waals surface area (Å²) in [5.74, 6) is -4.37. The lowest BCUT2D eigenvalue weighted by molar-refractivity contribution is -0.109. The van der Waals surface area contributed by atoms with Crippen LogP contribution in [0.25, 0.3) is 0 Å². The molecule has 0 aromatic heterocycles. The number of nitrogens with zero attached hydrogens (tertiary/aromatic N) is 1. The minimum atomic E-state index is -3.41. The molecule has 2 rings (SSSR count). The van der Waals surface area contributed by atoms with Crippen molar-refractivity contribution in [2.75, 3.05) is 13.2 Å². The van der Waals surface area contributed by atoms with Gasteiger partial charge >= 0.3 is 5.92 Å². The molecule has 0 saturated heterocycles. The minimum absolute atomic E-state index is 0.104. The zero-order chi connectivity index (χ0) is 17.9. The van der Waals surface area contributed by atoms with Crippen molar-refractivity contribution in [1.29, 1.82) is 0 Å². The Hall–Kier alpha value is -1.61. The second-order valence-electron chi connectivity index (χ2n) is 5.55. The summed E-state index contributed by atoms with van der Waals surface area (Å²) in [5, 5.41) is 12.6. The van der Waals surface area contributed by atoms with Crippen molar-refractivity contribution >= 4 is 27.9 Å². The fourth-order valence-electron chi connectivity index (χ4n) is 2.29. The molecule has 1 aliphatic heterocycles. The molecule has 2 atom stereocenters.